The van der Waals surface area contributed by atoms with Gasteiger partial charge >= 0.3 is 0 Å². The van der Waals surface area contributed by atoms with Crippen molar-refractivity contribution in [2.45, 2.75) is 49.6 Å². The number of alkyl halides is 1. The lowest BCUT2D eigenvalue weighted by atomic mass is 9.80. The van der Waals surface area contributed by atoms with E-state index in [-0.39, 0.29) is 57.5 Å². The molecule has 9 heteroatoms. The first kappa shape index (κ1) is 25.2. The van der Waals surface area contributed by atoms with E-state index in [1.165, 1.54) is 19.2 Å². The second kappa shape index (κ2) is 9.29. The highest BCUT2D eigenvalue weighted by Crippen LogP contribution is 2.54. The van der Waals surface area contributed by atoms with E-state index in [2.05, 4.69) is 10.6 Å². The van der Waals surface area contributed by atoms with Gasteiger partial charge in [-0.25, -0.2) is 13.2 Å². The van der Waals surface area contributed by atoms with Gasteiger partial charge < -0.3 is 20.5 Å². The number of fused-ring (bicyclic) bond motifs is 2. The minimum Gasteiger partial charge on any atom is -0.480 e. The summed E-state index contributed by atoms with van der Waals surface area (Å²) in [6.45, 7) is 0.793. The molecule has 0 aromatic heterocycles. The molecule has 6 rings (SSSR count). The van der Waals surface area contributed by atoms with Crippen LogP contribution in [0.25, 0.3) is 11.1 Å². The smallest absolute Gasteiger partial charge is 0.251 e. The Labute approximate surface area is 223 Å². The highest BCUT2D eigenvalue weighted by Gasteiger charge is 2.50. The molecule has 2 unspecified atom stereocenters. The van der Waals surface area contributed by atoms with Crippen molar-refractivity contribution in [3.63, 3.8) is 0 Å². The average Bonchev–Trinajstić information content (AvgIpc) is 3.64. The highest BCUT2D eigenvalue weighted by molar-refractivity contribution is 6.34. The number of carbonyl (C=O) groups excluding carboxylic acids is 1. The molecule has 3 aromatic rings. The molecule has 0 saturated carbocycles. The van der Waals surface area contributed by atoms with Gasteiger partial charge in [0, 0.05) is 48.2 Å². The summed E-state index contributed by atoms with van der Waals surface area (Å²) < 4.78 is 53.1. The normalized spacial score (nSPS) is 25.7. The van der Waals surface area contributed by atoms with Crippen molar-refractivity contribution >= 4 is 17.5 Å². The third-order valence-electron chi connectivity index (χ3n) is 8.06. The zero-order valence-corrected chi connectivity index (χ0v) is 21.3. The number of ether oxygens (including phenoxy) is 1. The summed E-state index contributed by atoms with van der Waals surface area (Å²) in [5, 5.41) is 15.9. The molecular weight excluding hydrogens is 517 g/mol. The zero-order chi connectivity index (χ0) is 26.8. The van der Waals surface area contributed by atoms with E-state index in [9.17, 15) is 14.3 Å². The van der Waals surface area contributed by atoms with Crippen molar-refractivity contribution in [1.29, 1.82) is 0 Å². The Morgan fingerprint density at radius 2 is 1.97 bits per heavy atom. The van der Waals surface area contributed by atoms with E-state index >= 15 is 8.78 Å². The van der Waals surface area contributed by atoms with Crippen LogP contribution in [0.3, 0.4) is 0 Å². The van der Waals surface area contributed by atoms with Crippen molar-refractivity contribution in [3.8, 4) is 16.9 Å². The quantitative estimate of drug-likeness (QED) is 0.397. The van der Waals surface area contributed by atoms with Crippen LogP contribution in [0.5, 0.6) is 5.75 Å². The van der Waals surface area contributed by atoms with Gasteiger partial charge in [-0.3, -0.25) is 4.79 Å². The van der Waals surface area contributed by atoms with Crippen LogP contribution in [0.2, 0.25) is 5.02 Å². The van der Waals surface area contributed by atoms with Crippen molar-refractivity contribution in [2.75, 3.05) is 13.6 Å². The summed E-state index contributed by atoms with van der Waals surface area (Å²) >= 11 is 6.53. The minimum atomic E-state index is -1.78. The number of aliphatic hydroxyl groups is 1. The summed E-state index contributed by atoms with van der Waals surface area (Å²) in [6.07, 6.45) is -1.40. The van der Waals surface area contributed by atoms with E-state index in [0.717, 1.165) is 24.9 Å². The Balaban J connectivity index is 1.62. The first-order valence-corrected chi connectivity index (χ1v) is 13.0. The fourth-order valence-corrected chi connectivity index (χ4v) is 6.56. The number of hydrogen-bond donors (Lipinski definition) is 3. The molecule has 1 saturated heterocycles. The maximum absolute atomic E-state index is 16.3. The molecule has 3 N–H and O–H groups in total. The van der Waals surface area contributed by atoms with Crippen LogP contribution < -0.4 is 15.4 Å². The number of hydrogen-bond acceptors (Lipinski definition) is 4. The average molecular weight is 543 g/mol. The van der Waals surface area contributed by atoms with E-state index in [0.29, 0.717) is 5.56 Å². The van der Waals surface area contributed by atoms with Gasteiger partial charge in [0.05, 0.1) is 22.7 Å². The monoisotopic (exact) mass is 542 g/mol. The third-order valence-corrected chi connectivity index (χ3v) is 8.43. The Kier molecular flexibility index (Phi) is 6.17. The number of nitrogens with one attached hydrogen (secondary N) is 2. The molecule has 1 fully saturated rings. The molecule has 0 spiro atoms. The fourth-order valence-electron chi connectivity index (χ4n) is 6.30. The maximum atomic E-state index is 16.3. The molecule has 1 aliphatic carbocycles. The number of rotatable bonds is 4. The first-order valence-electron chi connectivity index (χ1n) is 12.7. The van der Waals surface area contributed by atoms with Crippen molar-refractivity contribution in [2.24, 2.45) is 0 Å². The Morgan fingerprint density at radius 1 is 1.21 bits per heavy atom. The summed E-state index contributed by atoms with van der Waals surface area (Å²) in [7, 11) is 1.37. The van der Waals surface area contributed by atoms with Gasteiger partial charge in [-0.05, 0) is 36.6 Å². The summed E-state index contributed by atoms with van der Waals surface area (Å²) in [6, 6.07) is 11.9. The molecule has 0 bridgehead atoms. The minimum absolute atomic E-state index is 0.00607. The molecule has 198 valence electrons. The lowest BCUT2D eigenvalue weighted by molar-refractivity contribution is 0.0539. The van der Waals surface area contributed by atoms with Gasteiger partial charge in [0.15, 0.2) is 5.60 Å². The van der Waals surface area contributed by atoms with Gasteiger partial charge in [0.25, 0.3) is 5.91 Å². The molecule has 3 aromatic carbocycles. The Morgan fingerprint density at radius 3 is 2.66 bits per heavy atom. The standard InChI is InChI=1S/C29H26ClF3N2O3/c1-34-28(37)16-10-15-20(36)11-18(31)23(15)27(33)25(16)24-17-13-29(22-8-5-9-35-22,14-6-3-2-4-7-14)38-21(17)12-19(32)26(24)30/h2-4,6-7,10,12,18,20,22,35-36H,5,8-9,11,13H2,1H3,(H,34,37)/t18?,20?,22-,29-/m0/s1. The predicted molar refractivity (Wildman–Crippen MR) is 137 cm³/mol. The second-order valence-electron chi connectivity index (χ2n) is 10.1. The molecule has 38 heavy (non-hydrogen) atoms. The molecule has 1 amide bonds. The largest absolute Gasteiger partial charge is 0.480 e. The lowest BCUT2D eigenvalue weighted by Crippen LogP contribution is -2.48. The number of aliphatic hydroxyl groups excluding tert-OH is 1. The summed E-state index contributed by atoms with van der Waals surface area (Å²) in [4.78, 5) is 13.0. The van der Waals surface area contributed by atoms with Gasteiger partial charge in [0.1, 0.15) is 23.6 Å². The fraction of sp³-hybridized carbons (Fsp3) is 0.345. The highest BCUT2D eigenvalue weighted by atomic mass is 35.5. The van der Waals surface area contributed by atoms with Crippen LogP contribution in [0.4, 0.5) is 13.2 Å². The van der Waals surface area contributed by atoms with Crippen molar-refractivity contribution in [1.82, 2.24) is 10.6 Å². The van der Waals surface area contributed by atoms with E-state index in [4.69, 9.17) is 16.3 Å². The number of amides is 1. The number of benzene rings is 3. The van der Waals surface area contributed by atoms with E-state index in [1.54, 1.807) is 0 Å². The summed E-state index contributed by atoms with van der Waals surface area (Å²) in [5.41, 5.74) is -0.449. The molecule has 2 aliphatic heterocycles. The molecule has 5 nitrogen and oxygen atoms in total. The topological polar surface area (TPSA) is 70.6 Å². The van der Waals surface area contributed by atoms with Gasteiger partial charge in [-0.1, -0.05) is 41.9 Å². The number of halogens is 4. The Hall–Kier alpha value is -3.07. The summed E-state index contributed by atoms with van der Waals surface area (Å²) in [5.74, 6) is -2.35. The zero-order valence-electron chi connectivity index (χ0n) is 20.6. The van der Waals surface area contributed by atoms with Gasteiger partial charge in [-0.2, -0.15) is 0 Å². The molecular formula is C29H26ClF3N2O3. The van der Waals surface area contributed by atoms with Crippen LogP contribution in [0, 0.1) is 11.6 Å². The van der Waals surface area contributed by atoms with Gasteiger partial charge in [-0.15, -0.1) is 0 Å². The third kappa shape index (κ3) is 3.65. The van der Waals surface area contributed by atoms with Crippen LogP contribution >= 0.6 is 11.6 Å². The van der Waals surface area contributed by atoms with Crippen molar-refractivity contribution < 1.29 is 27.8 Å². The second-order valence-corrected chi connectivity index (χ2v) is 10.5. The molecule has 0 radical (unpaired) electrons. The maximum Gasteiger partial charge on any atom is 0.251 e. The molecule has 2 heterocycles. The van der Waals surface area contributed by atoms with Crippen LogP contribution in [0.15, 0.2) is 42.5 Å². The number of carbonyl (C=O) groups is 1. The molecule has 4 atom stereocenters. The van der Waals surface area contributed by atoms with E-state index in [1.807, 2.05) is 30.3 Å². The van der Waals surface area contributed by atoms with Crippen LogP contribution in [0.1, 0.15) is 64.1 Å². The first-order chi connectivity index (χ1) is 18.3. The van der Waals surface area contributed by atoms with Gasteiger partial charge in [0.2, 0.25) is 0 Å². The van der Waals surface area contributed by atoms with E-state index < -0.39 is 35.4 Å². The SMILES string of the molecule is CNC(=O)c1cc2c(c(F)c1-c1c(Cl)c(F)cc3c1C[C@](c1ccccc1)([C@@H]1CCCN1)O3)C(F)CC2O. The lowest BCUT2D eigenvalue weighted by Gasteiger charge is -2.35. The Bertz CT molecular complexity index is 1450. The van der Waals surface area contributed by atoms with Crippen LogP contribution in [-0.2, 0) is 12.0 Å². The van der Waals surface area contributed by atoms with Crippen LogP contribution in [-0.4, -0.2) is 30.6 Å². The molecule has 3 aliphatic rings. The van der Waals surface area contributed by atoms with Crippen molar-refractivity contribution in [3.05, 3.63) is 86.9 Å². The predicted octanol–water partition coefficient (Wildman–Crippen LogP) is 5.67.